The van der Waals surface area contributed by atoms with Crippen LogP contribution in [-0.2, 0) is 18.3 Å². The lowest BCUT2D eigenvalue weighted by atomic mass is 10.2. The zero-order valence-electron chi connectivity index (χ0n) is 7.64. The fourth-order valence-corrected chi connectivity index (χ4v) is 1.45. The molecule has 0 aliphatic heterocycles. The molecule has 0 aliphatic rings. The first-order valence-corrected chi connectivity index (χ1v) is 4.16. The van der Waals surface area contributed by atoms with E-state index in [1.807, 2.05) is 6.07 Å². The molecule has 2 aromatic heterocycles. The highest BCUT2D eigenvalue weighted by molar-refractivity contribution is 5.84. The van der Waals surface area contributed by atoms with Crippen LogP contribution in [0.2, 0.25) is 0 Å². The Labute approximate surface area is 80.0 Å². The fourth-order valence-electron chi connectivity index (χ4n) is 1.45. The Hall–Kier alpha value is -1.91. The normalized spacial score (nSPS) is 10.6. The first-order valence-electron chi connectivity index (χ1n) is 4.16. The highest BCUT2D eigenvalue weighted by atomic mass is 16.4. The number of hydrogen-bond donors (Lipinski definition) is 1. The molecule has 0 saturated carbocycles. The Bertz CT molecular complexity index is 490. The molecule has 0 fully saturated rings. The molecule has 0 amide bonds. The van der Waals surface area contributed by atoms with Crippen LogP contribution in [0.4, 0.5) is 0 Å². The van der Waals surface area contributed by atoms with E-state index in [4.69, 9.17) is 5.11 Å². The second-order valence-electron chi connectivity index (χ2n) is 3.03. The summed E-state index contributed by atoms with van der Waals surface area (Å²) in [4.78, 5) is 14.5. The molecule has 1 N–H and O–H groups in total. The standard InChI is InChI=1S/C9H9N3O2/c1-12-8-2-3-10-5-6(8)7(11-12)4-9(13)14/h2-3,5H,4H2,1H3,(H,13,14). The van der Waals surface area contributed by atoms with E-state index in [1.54, 1.807) is 24.1 Å². The summed E-state index contributed by atoms with van der Waals surface area (Å²) in [5.41, 5.74) is 1.46. The molecule has 0 spiro atoms. The van der Waals surface area contributed by atoms with Crippen LogP contribution in [0.1, 0.15) is 5.69 Å². The second-order valence-corrected chi connectivity index (χ2v) is 3.03. The number of aryl methyl sites for hydroxylation is 1. The molecule has 0 radical (unpaired) electrons. The average Bonchev–Trinajstić information content (AvgIpc) is 2.44. The summed E-state index contributed by atoms with van der Waals surface area (Å²) in [5.74, 6) is -0.881. The van der Waals surface area contributed by atoms with Crippen LogP contribution in [0.3, 0.4) is 0 Å². The van der Waals surface area contributed by atoms with Crippen LogP contribution in [0.5, 0.6) is 0 Å². The highest BCUT2D eigenvalue weighted by Gasteiger charge is 2.10. The van der Waals surface area contributed by atoms with Crippen molar-refractivity contribution in [1.29, 1.82) is 0 Å². The summed E-state index contributed by atoms with van der Waals surface area (Å²) in [6.45, 7) is 0. The van der Waals surface area contributed by atoms with Gasteiger partial charge >= 0.3 is 5.97 Å². The number of fused-ring (bicyclic) bond motifs is 1. The van der Waals surface area contributed by atoms with Gasteiger partial charge in [0.1, 0.15) is 0 Å². The first-order chi connectivity index (χ1) is 6.68. The molecule has 0 unspecified atom stereocenters. The third-order valence-corrected chi connectivity index (χ3v) is 2.05. The Morgan fingerprint density at radius 2 is 2.43 bits per heavy atom. The van der Waals surface area contributed by atoms with Crippen LogP contribution >= 0.6 is 0 Å². The number of pyridine rings is 1. The number of nitrogens with zero attached hydrogens (tertiary/aromatic N) is 3. The maximum Gasteiger partial charge on any atom is 0.309 e. The molecule has 5 nitrogen and oxygen atoms in total. The van der Waals surface area contributed by atoms with Gasteiger partial charge in [-0.2, -0.15) is 5.10 Å². The first kappa shape index (κ1) is 8.68. The second kappa shape index (κ2) is 3.10. The molecule has 5 heteroatoms. The van der Waals surface area contributed by atoms with Gasteiger partial charge in [-0.25, -0.2) is 0 Å². The van der Waals surface area contributed by atoms with Crippen LogP contribution in [-0.4, -0.2) is 25.8 Å². The number of rotatable bonds is 2. The van der Waals surface area contributed by atoms with E-state index in [-0.39, 0.29) is 6.42 Å². The summed E-state index contributed by atoms with van der Waals surface area (Å²) in [5, 5.41) is 13.6. The number of carboxylic acid groups (broad SMARTS) is 1. The number of carboxylic acids is 1. The number of hydrogen-bond acceptors (Lipinski definition) is 3. The van der Waals surface area contributed by atoms with Crippen LogP contribution in [0.15, 0.2) is 18.5 Å². The van der Waals surface area contributed by atoms with Gasteiger partial charge in [0.15, 0.2) is 0 Å². The smallest absolute Gasteiger partial charge is 0.309 e. The average molecular weight is 191 g/mol. The van der Waals surface area contributed by atoms with Crippen molar-refractivity contribution in [3.05, 3.63) is 24.2 Å². The van der Waals surface area contributed by atoms with Crippen molar-refractivity contribution in [3.63, 3.8) is 0 Å². The van der Waals surface area contributed by atoms with Gasteiger partial charge in [-0.1, -0.05) is 0 Å². The van der Waals surface area contributed by atoms with Crippen molar-refractivity contribution in [3.8, 4) is 0 Å². The van der Waals surface area contributed by atoms with Crippen molar-refractivity contribution < 1.29 is 9.90 Å². The molecule has 2 heterocycles. The molecule has 2 rings (SSSR count). The van der Waals surface area contributed by atoms with E-state index in [1.165, 1.54) is 0 Å². The Morgan fingerprint density at radius 1 is 1.64 bits per heavy atom. The minimum absolute atomic E-state index is 0.0664. The minimum Gasteiger partial charge on any atom is -0.481 e. The van der Waals surface area contributed by atoms with E-state index in [2.05, 4.69) is 10.1 Å². The fraction of sp³-hybridized carbons (Fsp3) is 0.222. The van der Waals surface area contributed by atoms with E-state index in [0.29, 0.717) is 5.69 Å². The van der Waals surface area contributed by atoms with Gasteiger partial charge in [0.25, 0.3) is 0 Å². The molecule has 0 bridgehead atoms. The largest absolute Gasteiger partial charge is 0.481 e. The van der Waals surface area contributed by atoms with Gasteiger partial charge in [0.2, 0.25) is 0 Å². The summed E-state index contributed by atoms with van der Waals surface area (Å²) in [6, 6.07) is 1.81. The van der Waals surface area contributed by atoms with Gasteiger partial charge in [-0.3, -0.25) is 14.5 Å². The van der Waals surface area contributed by atoms with Gasteiger partial charge < -0.3 is 5.11 Å². The predicted octanol–water partition coefficient (Wildman–Crippen LogP) is 0.595. The summed E-state index contributed by atoms with van der Waals surface area (Å²) >= 11 is 0. The third-order valence-electron chi connectivity index (χ3n) is 2.05. The van der Waals surface area contributed by atoms with Gasteiger partial charge in [0.05, 0.1) is 17.6 Å². The van der Waals surface area contributed by atoms with E-state index >= 15 is 0 Å². The van der Waals surface area contributed by atoms with E-state index < -0.39 is 5.97 Å². The Morgan fingerprint density at radius 3 is 3.14 bits per heavy atom. The number of aromatic nitrogens is 3. The Balaban J connectivity index is 2.60. The zero-order valence-corrected chi connectivity index (χ0v) is 7.64. The van der Waals surface area contributed by atoms with Crippen molar-refractivity contribution in [2.75, 3.05) is 0 Å². The molecule has 0 saturated heterocycles. The molecule has 0 aromatic carbocycles. The number of aliphatic carboxylic acids is 1. The van der Waals surface area contributed by atoms with Crippen molar-refractivity contribution in [2.45, 2.75) is 6.42 Å². The van der Waals surface area contributed by atoms with Crippen molar-refractivity contribution in [2.24, 2.45) is 7.05 Å². The van der Waals surface area contributed by atoms with Crippen molar-refractivity contribution >= 4 is 16.9 Å². The van der Waals surface area contributed by atoms with Gasteiger partial charge in [0, 0.05) is 24.8 Å². The zero-order chi connectivity index (χ0) is 10.1. The summed E-state index contributed by atoms with van der Waals surface area (Å²) in [6.07, 6.45) is 3.23. The Kier molecular flexibility index (Phi) is 1.92. The predicted molar refractivity (Wildman–Crippen MR) is 49.8 cm³/mol. The lowest BCUT2D eigenvalue weighted by Crippen LogP contribution is -2.01. The van der Waals surface area contributed by atoms with E-state index in [9.17, 15) is 4.79 Å². The van der Waals surface area contributed by atoms with Crippen molar-refractivity contribution in [1.82, 2.24) is 14.8 Å². The summed E-state index contributed by atoms with van der Waals surface area (Å²) in [7, 11) is 1.79. The maximum atomic E-state index is 10.6. The molecule has 0 aliphatic carbocycles. The topological polar surface area (TPSA) is 68.0 Å². The van der Waals surface area contributed by atoms with Gasteiger partial charge in [-0.15, -0.1) is 0 Å². The summed E-state index contributed by atoms with van der Waals surface area (Å²) < 4.78 is 1.66. The van der Waals surface area contributed by atoms with Crippen LogP contribution < -0.4 is 0 Å². The lowest BCUT2D eigenvalue weighted by molar-refractivity contribution is -0.136. The molecule has 0 atom stereocenters. The van der Waals surface area contributed by atoms with Gasteiger partial charge in [-0.05, 0) is 6.07 Å². The molecular formula is C9H9N3O2. The molecule has 14 heavy (non-hydrogen) atoms. The van der Waals surface area contributed by atoms with E-state index in [0.717, 1.165) is 10.9 Å². The number of carbonyl (C=O) groups is 1. The third kappa shape index (κ3) is 1.32. The molecular weight excluding hydrogens is 182 g/mol. The molecule has 2 aromatic rings. The minimum atomic E-state index is -0.881. The lowest BCUT2D eigenvalue weighted by Gasteiger charge is -1.90. The SMILES string of the molecule is Cn1nc(CC(=O)O)c2cnccc21. The monoisotopic (exact) mass is 191 g/mol. The maximum absolute atomic E-state index is 10.6. The van der Waals surface area contributed by atoms with Crippen LogP contribution in [0, 0.1) is 0 Å². The highest BCUT2D eigenvalue weighted by Crippen LogP contribution is 2.16. The van der Waals surface area contributed by atoms with Crippen LogP contribution in [0.25, 0.3) is 10.9 Å². The molecule has 72 valence electrons. The quantitative estimate of drug-likeness (QED) is 0.754.